The number of para-hydroxylation sites is 1. The van der Waals surface area contributed by atoms with Gasteiger partial charge in [0.15, 0.2) is 0 Å². The lowest BCUT2D eigenvalue weighted by Crippen LogP contribution is -2.25. The molecular weight excluding hydrogens is 214 g/mol. The van der Waals surface area contributed by atoms with Crippen molar-refractivity contribution in [1.29, 1.82) is 0 Å². The van der Waals surface area contributed by atoms with Gasteiger partial charge in [-0.1, -0.05) is 25.1 Å². The van der Waals surface area contributed by atoms with Crippen LogP contribution in [0.25, 0.3) is 0 Å². The van der Waals surface area contributed by atoms with Gasteiger partial charge >= 0.3 is 0 Å². The van der Waals surface area contributed by atoms with E-state index in [-0.39, 0.29) is 6.10 Å². The van der Waals surface area contributed by atoms with Crippen LogP contribution in [0, 0.1) is 0 Å². The Hall–Kier alpha value is -1.06. The highest BCUT2D eigenvalue weighted by atomic mass is 16.5. The van der Waals surface area contributed by atoms with Crippen LogP contribution in [0.5, 0.6) is 5.75 Å². The van der Waals surface area contributed by atoms with Gasteiger partial charge in [0.1, 0.15) is 11.9 Å². The smallest absolute Gasteiger partial charge is 0.126 e. The number of nitrogens with one attached hydrogen (secondary N) is 1. The van der Waals surface area contributed by atoms with Crippen molar-refractivity contribution in [3.8, 4) is 5.75 Å². The first-order valence-corrected chi connectivity index (χ1v) is 6.43. The molecule has 0 aromatic heterocycles. The van der Waals surface area contributed by atoms with E-state index in [1.54, 1.807) is 0 Å². The highest BCUT2D eigenvalue weighted by Gasteiger charge is 2.21. The summed E-state index contributed by atoms with van der Waals surface area (Å²) in [5, 5.41) is 3.31. The van der Waals surface area contributed by atoms with Crippen molar-refractivity contribution in [2.45, 2.75) is 25.9 Å². The zero-order valence-corrected chi connectivity index (χ0v) is 10.4. The second-order valence-electron chi connectivity index (χ2n) is 4.38. The molecule has 94 valence electrons. The first kappa shape index (κ1) is 12.4. The van der Waals surface area contributed by atoms with E-state index in [4.69, 9.17) is 9.47 Å². The van der Waals surface area contributed by atoms with Gasteiger partial charge in [-0.15, -0.1) is 0 Å². The molecule has 0 fully saturated rings. The Bertz CT molecular complexity index is 316. The Balaban J connectivity index is 1.60. The van der Waals surface area contributed by atoms with Crippen LogP contribution in [0.2, 0.25) is 0 Å². The Morgan fingerprint density at radius 1 is 1.35 bits per heavy atom. The van der Waals surface area contributed by atoms with Gasteiger partial charge in [-0.05, 0) is 24.6 Å². The van der Waals surface area contributed by atoms with E-state index < -0.39 is 0 Å². The van der Waals surface area contributed by atoms with Crippen LogP contribution in [0.4, 0.5) is 0 Å². The number of fused-ring (bicyclic) bond motifs is 1. The van der Waals surface area contributed by atoms with Crippen LogP contribution < -0.4 is 10.1 Å². The fourth-order valence-electron chi connectivity index (χ4n) is 2.01. The van der Waals surface area contributed by atoms with Gasteiger partial charge in [0.2, 0.25) is 0 Å². The maximum Gasteiger partial charge on any atom is 0.126 e. The zero-order valence-electron chi connectivity index (χ0n) is 10.4. The largest absolute Gasteiger partial charge is 0.487 e. The van der Waals surface area contributed by atoms with Crippen molar-refractivity contribution in [2.75, 3.05) is 26.3 Å². The topological polar surface area (TPSA) is 30.5 Å². The summed E-state index contributed by atoms with van der Waals surface area (Å²) in [5.41, 5.74) is 1.30. The molecule has 3 nitrogen and oxygen atoms in total. The maximum atomic E-state index is 5.79. The van der Waals surface area contributed by atoms with Crippen LogP contribution in [0.15, 0.2) is 24.3 Å². The average molecular weight is 235 g/mol. The van der Waals surface area contributed by atoms with Gasteiger partial charge in [-0.3, -0.25) is 0 Å². The predicted molar refractivity (Wildman–Crippen MR) is 68.5 cm³/mol. The Labute approximate surface area is 103 Å². The summed E-state index contributed by atoms with van der Waals surface area (Å²) in [4.78, 5) is 0. The third kappa shape index (κ3) is 3.72. The normalized spacial score (nSPS) is 17.8. The molecule has 1 aliphatic heterocycles. The summed E-state index contributed by atoms with van der Waals surface area (Å²) in [5.74, 6) is 1.02. The molecule has 0 saturated heterocycles. The van der Waals surface area contributed by atoms with Crippen molar-refractivity contribution in [3.63, 3.8) is 0 Å². The van der Waals surface area contributed by atoms with E-state index in [1.165, 1.54) is 12.0 Å². The van der Waals surface area contributed by atoms with E-state index in [2.05, 4.69) is 24.4 Å². The standard InChI is InChI=1S/C14H21NO2/c1-2-7-15-8-9-16-11-13-10-12-5-3-4-6-14(12)17-13/h3-6,13,15H,2,7-11H2,1H3. The summed E-state index contributed by atoms with van der Waals surface area (Å²) < 4.78 is 11.4. The van der Waals surface area contributed by atoms with Crippen LogP contribution in [-0.2, 0) is 11.2 Å². The van der Waals surface area contributed by atoms with E-state index in [0.717, 1.165) is 31.9 Å². The maximum absolute atomic E-state index is 5.79. The van der Waals surface area contributed by atoms with Crippen molar-refractivity contribution < 1.29 is 9.47 Å². The lowest BCUT2D eigenvalue weighted by molar-refractivity contribution is 0.0621. The minimum absolute atomic E-state index is 0.193. The summed E-state index contributed by atoms with van der Waals surface area (Å²) >= 11 is 0. The second kappa shape index (κ2) is 6.62. The molecule has 0 aliphatic carbocycles. The molecule has 1 aromatic rings. The fourth-order valence-corrected chi connectivity index (χ4v) is 2.01. The SMILES string of the molecule is CCCNCCOCC1Cc2ccccc2O1. The number of ether oxygens (including phenoxy) is 2. The molecule has 0 saturated carbocycles. The molecule has 0 bridgehead atoms. The monoisotopic (exact) mass is 235 g/mol. The molecule has 17 heavy (non-hydrogen) atoms. The lowest BCUT2D eigenvalue weighted by atomic mass is 10.1. The lowest BCUT2D eigenvalue weighted by Gasteiger charge is -2.11. The second-order valence-corrected chi connectivity index (χ2v) is 4.38. The van der Waals surface area contributed by atoms with Crippen molar-refractivity contribution >= 4 is 0 Å². The van der Waals surface area contributed by atoms with Gasteiger partial charge in [-0.25, -0.2) is 0 Å². The Morgan fingerprint density at radius 2 is 2.24 bits per heavy atom. The molecule has 1 aromatic carbocycles. The van der Waals surface area contributed by atoms with Crippen LogP contribution >= 0.6 is 0 Å². The highest BCUT2D eigenvalue weighted by Crippen LogP contribution is 2.27. The first-order chi connectivity index (χ1) is 8.40. The van der Waals surface area contributed by atoms with E-state index in [9.17, 15) is 0 Å². The number of hydrogen-bond acceptors (Lipinski definition) is 3. The van der Waals surface area contributed by atoms with E-state index >= 15 is 0 Å². The van der Waals surface area contributed by atoms with Gasteiger partial charge in [0, 0.05) is 13.0 Å². The summed E-state index contributed by atoms with van der Waals surface area (Å²) in [6.45, 7) is 5.60. The minimum Gasteiger partial charge on any atom is -0.487 e. The number of rotatable bonds is 7. The molecule has 2 rings (SSSR count). The predicted octanol–water partition coefficient (Wildman–Crippen LogP) is 2.01. The number of hydrogen-bond donors (Lipinski definition) is 1. The van der Waals surface area contributed by atoms with Crippen LogP contribution in [-0.4, -0.2) is 32.4 Å². The molecule has 0 spiro atoms. The Kier molecular flexibility index (Phi) is 4.83. The third-order valence-corrected chi connectivity index (χ3v) is 2.87. The van der Waals surface area contributed by atoms with Gasteiger partial charge < -0.3 is 14.8 Å². The van der Waals surface area contributed by atoms with Crippen molar-refractivity contribution in [1.82, 2.24) is 5.32 Å². The van der Waals surface area contributed by atoms with Gasteiger partial charge in [-0.2, -0.15) is 0 Å². The van der Waals surface area contributed by atoms with E-state index in [1.807, 2.05) is 12.1 Å². The molecule has 1 aliphatic rings. The van der Waals surface area contributed by atoms with Crippen molar-refractivity contribution in [2.24, 2.45) is 0 Å². The van der Waals surface area contributed by atoms with Gasteiger partial charge in [0.25, 0.3) is 0 Å². The molecule has 3 heteroatoms. The molecular formula is C14H21NO2. The number of benzene rings is 1. The molecule has 1 atom stereocenters. The molecule has 0 radical (unpaired) electrons. The molecule has 1 unspecified atom stereocenters. The molecule has 1 N–H and O–H groups in total. The Morgan fingerprint density at radius 3 is 3.06 bits per heavy atom. The highest BCUT2D eigenvalue weighted by molar-refractivity contribution is 5.37. The quantitative estimate of drug-likeness (QED) is 0.733. The summed E-state index contributed by atoms with van der Waals surface area (Å²) in [7, 11) is 0. The molecule has 1 heterocycles. The third-order valence-electron chi connectivity index (χ3n) is 2.87. The molecule has 0 amide bonds. The van der Waals surface area contributed by atoms with Crippen molar-refractivity contribution in [3.05, 3.63) is 29.8 Å². The van der Waals surface area contributed by atoms with E-state index in [0.29, 0.717) is 6.61 Å². The van der Waals surface area contributed by atoms with Gasteiger partial charge in [0.05, 0.1) is 13.2 Å². The fraction of sp³-hybridized carbons (Fsp3) is 0.571. The first-order valence-electron chi connectivity index (χ1n) is 6.43. The summed E-state index contributed by atoms with van der Waals surface area (Å²) in [6, 6.07) is 8.22. The zero-order chi connectivity index (χ0) is 11.9. The van der Waals surface area contributed by atoms with Crippen LogP contribution in [0.3, 0.4) is 0 Å². The minimum atomic E-state index is 0.193. The average Bonchev–Trinajstić information content (AvgIpc) is 2.76. The van der Waals surface area contributed by atoms with Crippen LogP contribution in [0.1, 0.15) is 18.9 Å². The summed E-state index contributed by atoms with van der Waals surface area (Å²) in [6.07, 6.45) is 2.33.